The number of hydrogen-bond acceptors (Lipinski definition) is 4. The molecule has 1 atom stereocenters. The predicted molar refractivity (Wildman–Crippen MR) is 97.2 cm³/mol. The van der Waals surface area contributed by atoms with Crippen LogP contribution in [0.4, 0.5) is 0 Å². The maximum atomic E-state index is 12.8. The van der Waals surface area contributed by atoms with E-state index in [0.29, 0.717) is 29.6 Å². The number of nitrogens with zero attached hydrogens (tertiary/aromatic N) is 4. The summed E-state index contributed by atoms with van der Waals surface area (Å²) in [6.45, 7) is 1.50. The Labute approximate surface area is 152 Å². The number of ether oxygens (including phenoxy) is 1. The number of pyridine rings is 1. The summed E-state index contributed by atoms with van der Waals surface area (Å²) in [6, 6.07) is 11.2. The third-order valence-corrected chi connectivity index (χ3v) is 4.60. The van der Waals surface area contributed by atoms with Gasteiger partial charge in [0.05, 0.1) is 18.6 Å². The fourth-order valence-electron chi connectivity index (χ4n) is 3.26. The number of piperidine rings is 1. The molecule has 1 aliphatic heterocycles. The highest BCUT2D eigenvalue weighted by Gasteiger charge is 2.25. The molecule has 1 amide bonds. The van der Waals surface area contributed by atoms with Gasteiger partial charge < -0.3 is 14.2 Å². The van der Waals surface area contributed by atoms with Gasteiger partial charge >= 0.3 is 0 Å². The quantitative estimate of drug-likeness (QED) is 0.723. The highest BCUT2D eigenvalue weighted by atomic mass is 16.5. The van der Waals surface area contributed by atoms with E-state index in [1.54, 1.807) is 18.6 Å². The van der Waals surface area contributed by atoms with Crippen molar-refractivity contribution in [3.05, 3.63) is 73.1 Å². The highest BCUT2D eigenvalue weighted by Crippen LogP contribution is 2.24. The van der Waals surface area contributed by atoms with Gasteiger partial charge in [-0.2, -0.15) is 0 Å². The van der Waals surface area contributed by atoms with Gasteiger partial charge in [0, 0.05) is 37.2 Å². The van der Waals surface area contributed by atoms with Crippen LogP contribution >= 0.6 is 0 Å². The smallest absolute Gasteiger partial charge is 0.253 e. The Kier molecular flexibility index (Phi) is 4.64. The van der Waals surface area contributed by atoms with Crippen molar-refractivity contribution in [3.63, 3.8) is 0 Å². The minimum atomic E-state index is 0.0581. The summed E-state index contributed by atoms with van der Waals surface area (Å²) in [6.07, 6.45) is 11.0. The number of rotatable bonds is 4. The average molecular weight is 348 g/mol. The summed E-state index contributed by atoms with van der Waals surface area (Å²) in [5.41, 5.74) is 0.676. The normalized spacial score (nSPS) is 17.1. The Hall–Kier alpha value is -3.15. The van der Waals surface area contributed by atoms with Crippen LogP contribution in [0, 0.1) is 0 Å². The molecule has 26 heavy (non-hydrogen) atoms. The summed E-state index contributed by atoms with van der Waals surface area (Å²) in [7, 11) is 0. The molecule has 3 aromatic rings. The van der Waals surface area contributed by atoms with Crippen molar-refractivity contribution < 1.29 is 9.53 Å². The molecule has 1 saturated heterocycles. The van der Waals surface area contributed by atoms with E-state index in [1.165, 1.54) is 0 Å². The number of benzene rings is 1. The van der Waals surface area contributed by atoms with E-state index in [2.05, 4.69) is 14.5 Å². The molecule has 0 N–H and O–H groups in total. The number of amides is 1. The molecular weight excluding hydrogens is 328 g/mol. The number of hydrogen-bond donors (Lipinski definition) is 0. The minimum absolute atomic E-state index is 0.0581. The van der Waals surface area contributed by atoms with E-state index in [-0.39, 0.29) is 5.91 Å². The third kappa shape index (κ3) is 3.59. The molecule has 4 rings (SSSR count). The van der Waals surface area contributed by atoms with Crippen molar-refractivity contribution in [2.24, 2.45) is 0 Å². The topological polar surface area (TPSA) is 60.2 Å². The van der Waals surface area contributed by atoms with E-state index in [4.69, 9.17) is 4.74 Å². The van der Waals surface area contributed by atoms with Gasteiger partial charge in [-0.1, -0.05) is 0 Å². The highest BCUT2D eigenvalue weighted by molar-refractivity contribution is 5.94. The van der Waals surface area contributed by atoms with Gasteiger partial charge in [-0.25, -0.2) is 4.98 Å². The lowest BCUT2D eigenvalue weighted by Crippen LogP contribution is -2.40. The van der Waals surface area contributed by atoms with Crippen molar-refractivity contribution in [1.82, 2.24) is 19.4 Å². The molecule has 0 aliphatic carbocycles. The van der Waals surface area contributed by atoms with Crippen molar-refractivity contribution >= 4 is 5.91 Å². The molecule has 0 saturated carbocycles. The molecule has 1 unspecified atom stereocenters. The molecule has 2 aromatic heterocycles. The first-order valence-electron chi connectivity index (χ1n) is 8.74. The Bertz CT molecular complexity index is 847. The van der Waals surface area contributed by atoms with Gasteiger partial charge in [0.25, 0.3) is 5.91 Å². The SMILES string of the molecule is O=C(c1ccc(Oc2cccnc2)cc1)N1CCCC(n2ccnc2)C1. The summed E-state index contributed by atoms with van der Waals surface area (Å²) in [5.74, 6) is 1.41. The zero-order chi connectivity index (χ0) is 17.8. The van der Waals surface area contributed by atoms with Crippen LogP contribution in [-0.4, -0.2) is 38.4 Å². The molecular formula is C20H20N4O2. The molecule has 3 heterocycles. The van der Waals surface area contributed by atoms with E-state index < -0.39 is 0 Å². The Balaban J connectivity index is 1.43. The molecule has 1 fully saturated rings. The van der Waals surface area contributed by atoms with Crippen LogP contribution in [0.2, 0.25) is 0 Å². The fraction of sp³-hybridized carbons (Fsp3) is 0.250. The van der Waals surface area contributed by atoms with Gasteiger partial charge in [0.2, 0.25) is 0 Å². The van der Waals surface area contributed by atoms with Crippen molar-refractivity contribution in [2.75, 3.05) is 13.1 Å². The van der Waals surface area contributed by atoms with Crippen LogP contribution in [0.25, 0.3) is 0 Å². The second-order valence-corrected chi connectivity index (χ2v) is 6.37. The van der Waals surface area contributed by atoms with Crippen LogP contribution < -0.4 is 4.74 Å². The molecule has 0 radical (unpaired) electrons. The standard InChI is InChI=1S/C20H20N4O2/c25-20(23-11-2-3-17(14-23)24-12-10-22-15-24)16-5-7-18(8-6-16)26-19-4-1-9-21-13-19/h1,4-10,12-13,15,17H,2-3,11,14H2. The minimum Gasteiger partial charge on any atom is -0.456 e. The predicted octanol–water partition coefficient (Wildman–Crippen LogP) is 3.55. The Morgan fingerprint density at radius 1 is 1.08 bits per heavy atom. The zero-order valence-electron chi connectivity index (χ0n) is 14.4. The van der Waals surface area contributed by atoms with Gasteiger partial charge in [-0.05, 0) is 49.2 Å². The van der Waals surface area contributed by atoms with Crippen LogP contribution in [-0.2, 0) is 0 Å². The maximum Gasteiger partial charge on any atom is 0.253 e. The van der Waals surface area contributed by atoms with Crippen LogP contribution in [0.1, 0.15) is 29.2 Å². The van der Waals surface area contributed by atoms with E-state index in [1.807, 2.05) is 53.8 Å². The number of likely N-dealkylation sites (tertiary alicyclic amines) is 1. The molecule has 1 aliphatic rings. The van der Waals surface area contributed by atoms with E-state index >= 15 is 0 Å². The first-order chi connectivity index (χ1) is 12.8. The van der Waals surface area contributed by atoms with Gasteiger partial charge in [0.1, 0.15) is 11.5 Å². The summed E-state index contributed by atoms with van der Waals surface area (Å²) >= 11 is 0. The lowest BCUT2D eigenvalue weighted by atomic mass is 10.0. The van der Waals surface area contributed by atoms with Crippen LogP contribution in [0.5, 0.6) is 11.5 Å². The number of imidazole rings is 1. The molecule has 0 bridgehead atoms. The van der Waals surface area contributed by atoms with Crippen LogP contribution in [0.3, 0.4) is 0 Å². The van der Waals surface area contributed by atoms with E-state index in [9.17, 15) is 4.79 Å². The Morgan fingerprint density at radius 3 is 2.69 bits per heavy atom. The molecule has 1 aromatic carbocycles. The van der Waals surface area contributed by atoms with Crippen molar-refractivity contribution in [2.45, 2.75) is 18.9 Å². The lowest BCUT2D eigenvalue weighted by Gasteiger charge is -2.33. The lowest BCUT2D eigenvalue weighted by molar-refractivity contribution is 0.0679. The number of carbonyl (C=O) groups excluding carboxylic acids is 1. The second kappa shape index (κ2) is 7.39. The van der Waals surface area contributed by atoms with Gasteiger partial charge in [-0.15, -0.1) is 0 Å². The first-order valence-corrected chi connectivity index (χ1v) is 8.74. The van der Waals surface area contributed by atoms with Gasteiger partial charge in [-0.3, -0.25) is 9.78 Å². The summed E-state index contributed by atoms with van der Waals surface area (Å²) in [5, 5.41) is 0. The molecule has 0 spiro atoms. The van der Waals surface area contributed by atoms with Crippen molar-refractivity contribution in [1.29, 1.82) is 0 Å². The van der Waals surface area contributed by atoms with Crippen LogP contribution in [0.15, 0.2) is 67.5 Å². The molecule has 6 nitrogen and oxygen atoms in total. The monoisotopic (exact) mass is 348 g/mol. The average Bonchev–Trinajstić information content (AvgIpc) is 3.24. The summed E-state index contributed by atoms with van der Waals surface area (Å²) < 4.78 is 7.81. The number of carbonyl (C=O) groups is 1. The zero-order valence-corrected chi connectivity index (χ0v) is 14.4. The second-order valence-electron chi connectivity index (χ2n) is 6.37. The number of aromatic nitrogens is 3. The van der Waals surface area contributed by atoms with Crippen molar-refractivity contribution in [3.8, 4) is 11.5 Å². The fourth-order valence-corrected chi connectivity index (χ4v) is 3.26. The Morgan fingerprint density at radius 2 is 1.96 bits per heavy atom. The molecule has 132 valence electrons. The molecule has 6 heteroatoms. The first kappa shape index (κ1) is 16.3. The van der Waals surface area contributed by atoms with Gasteiger partial charge in [0.15, 0.2) is 0 Å². The largest absolute Gasteiger partial charge is 0.456 e. The third-order valence-electron chi connectivity index (χ3n) is 4.60. The maximum absolute atomic E-state index is 12.8. The van der Waals surface area contributed by atoms with E-state index in [0.717, 1.165) is 19.4 Å². The summed E-state index contributed by atoms with van der Waals surface area (Å²) in [4.78, 5) is 22.9.